The summed E-state index contributed by atoms with van der Waals surface area (Å²) >= 11 is 0. The maximum atomic E-state index is 12.6. The van der Waals surface area contributed by atoms with Gasteiger partial charge in [-0.25, -0.2) is 0 Å². The summed E-state index contributed by atoms with van der Waals surface area (Å²) in [6, 6.07) is 12.5. The summed E-state index contributed by atoms with van der Waals surface area (Å²) in [5.41, 5.74) is 0.526. The minimum absolute atomic E-state index is 0.102. The molecule has 1 aliphatic rings. The van der Waals surface area contributed by atoms with Gasteiger partial charge in [0.15, 0.2) is 0 Å². The van der Waals surface area contributed by atoms with E-state index < -0.39 is 11.9 Å². The predicted octanol–water partition coefficient (Wildman–Crippen LogP) is 4.90. The van der Waals surface area contributed by atoms with Crippen LogP contribution < -0.4 is 0 Å². The highest BCUT2D eigenvalue weighted by Crippen LogP contribution is 2.34. The second-order valence-corrected chi connectivity index (χ2v) is 6.76. The van der Waals surface area contributed by atoms with Crippen LogP contribution in [0.2, 0.25) is 0 Å². The van der Waals surface area contributed by atoms with Gasteiger partial charge in [0, 0.05) is 19.3 Å². The number of hydrogen-bond acceptors (Lipinski definition) is 2. The molecule has 1 heterocycles. The highest BCUT2D eigenvalue weighted by atomic mass is 19.4. The van der Waals surface area contributed by atoms with Crippen molar-refractivity contribution in [1.82, 2.24) is 9.88 Å². The van der Waals surface area contributed by atoms with Gasteiger partial charge in [-0.15, -0.1) is 0 Å². The third-order valence-corrected chi connectivity index (χ3v) is 5.14. The van der Waals surface area contributed by atoms with E-state index in [1.54, 1.807) is 11.9 Å². The van der Waals surface area contributed by atoms with Crippen LogP contribution in [0.4, 0.5) is 13.2 Å². The molecular weight excluding hydrogens is 341 g/mol. The van der Waals surface area contributed by atoms with E-state index in [9.17, 15) is 18.0 Å². The summed E-state index contributed by atoms with van der Waals surface area (Å²) in [7, 11) is 1.72. The van der Waals surface area contributed by atoms with E-state index in [-0.39, 0.29) is 17.5 Å². The first-order valence-electron chi connectivity index (χ1n) is 8.71. The van der Waals surface area contributed by atoms with Crippen molar-refractivity contribution in [3.8, 4) is 0 Å². The molecule has 1 fully saturated rings. The van der Waals surface area contributed by atoms with Gasteiger partial charge >= 0.3 is 6.18 Å². The van der Waals surface area contributed by atoms with Crippen LogP contribution >= 0.6 is 0 Å². The van der Waals surface area contributed by atoms with E-state index in [1.165, 1.54) is 11.6 Å². The average molecular weight is 362 g/mol. The van der Waals surface area contributed by atoms with Crippen molar-refractivity contribution >= 4 is 5.91 Å². The molecule has 1 amide bonds. The minimum Gasteiger partial charge on any atom is -0.339 e. The van der Waals surface area contributed by atoms with Crippen molar-refractivity contribution in [3.63, 3.8) is 0 Å². The molecule has 0 spiro atoms. The minimum atomic E-state index is -4.50. The van der Waals surface area contributed by atoms with E-state index >= 15 is 0 Å². The maximum absolute atomic E-state index is 12.6. The lowest BCUT2D eigenvalue weighted by atomic mass is 9.81. The van der Waals surface area contributed by atoms with E-state index in [2.05, 4.69) is 17.1 Å². The number of benzene rings is 1. The zero-order chi connectivity index (χ0) is 18.7. The fourth-order valence-corrected chi connectivity index (χ4v) is 3.58. The lowest BCUT2D eigenvalue weighted by Crippen LogP contribution is -2.39. The number of rotatable bonds is 3. The van der Waals surface area contributed by atoms with Gasteiger partial charge in [0.25, 0.3) is 5.91 Å². The second kappa shape index (κ2) is 7.48. The smallest absolute Gasteiger partial charge is 0.339 e. The van der Waals surface area contributed by atoms with Crippen LogP contribution in [-0.4, -0.2) is 28.9 Å². The fraction of sp³-hybridized carbons (Fsp3) is 0.400. The highest BCUT2D eigenvalue weighted by molar-refractivity contribution is 5.94. The molecule has 2 aromatic rings. The van der Waals surface area contributed by atoms with Gasteiger partial charge in [0.1, 0.15) is 5.69 Å². The Kier molecular flexibility index (Phi) is 5.30. The highest BCUT2D eigenvalue weighted by Gasteiger charge is 2.33. The number of carbonyl (C=O) groups excluding carboxylic acids is 1. The van der Waals surface area contributed by atoms with Gasteiger partial charge in [-0.1, -0.05) is 30.3 Å². The van der Waals surface area contributed by atoms with Gasteiger partial charge in [-0.05, 0) is 49.3 Å². The molecule has 0 unspecified atom stereocenters. The average Bonchev–Trinajstić information content (AvgIpc) is 2.67. The molecule has 6 heteroatoms. The van der Waals surface area contributed by atoms with Crippen LogP contribution in [0.25, 0.3) is 0 Å². The van der Waals surface area contributed by atoms with Crippen molar-refractivity contribution in [1.29, 1.82) is 0 Å². The number of carbonyl (C=O) groups is 1. The van der Waals surface area contributed by atoms with Crippen LogP contribution in [0.15, 0.2) is 48.7 Å². The first kappa shape index (κ1) is 18.4. The summed E-state index contributed by atoms with van der Waals surface area (Å²) in [4.78, 5) is 17.6. The molecule has 3 rings (SSSR count). The standard InChI is InChI=1S/C20H21F3N2O/c1-25(19(26)16-9-12-18(24-13-16)20(21,22)23)17-10-7-15(8-11-17)14-5-3-2-4-6-14/h2-6,9,12-13,15,17H,7-8,10-11H2,1H3. The molecule has 3 nitrogen and oxygen atoms in total. The molecule has 0 N–H and O–H groups in total. The number of aromatic nitrogens is 1. The van der Waals surface area contributed by atoms with Crippen LogP contribution in [-0.2, 0) is 6.18 Å². The van der Waals surface area contributed by atoms with Crippen molar-refractivity contribution in [2.45, 2.75) is 43.8 Å². The largest absolute Gasteiger partial charge is 0.433 e. The predicted molar refractivity (Wildman–Crippen MR) is 92.8 cm³/mol. The molecule has 26 heavy (non-hydrogen) atoms. The summed E-state index contributed by atoms with van der Waals surface area (Å²) in [6.07, 6.45) is 0.279. The summed E-state index contributed by atoms with van der Waals surface area (Å²) in [6.45, 7) is 0. The van der Waals surface area contributed by atoms with Crippen molar-refractivity contribution in [3.05, 3.63) is 65.5 Å². The van der Waals surface area contributed by atoms with Gasteiger partial charge in [-0.3, -0.25) is 9.78 Å². The summed E-state index contributed by atoms with van der Waals surface area (Å²) in [5, 5.41) is 0. The van der Waals surface area contributed by atoms with Crippen LogP contribution in [0.1, 0.15) is 53.2 Å². The van der Waals surface area contributed by atoms with Crippen LogP contribution in [0.5, 0.6) is 0 Å². The van der Waals surface area contributed by atoms with Gasteiger partial charge in [0.05, 0.1) is 5.56 Å². The van der Waals surface area contributed by atoms with Crippen molar-refractivity contribution in [2.75, 3.05) is 7.05 Å². The number of hydrogen-bond donors (Lipinski definition) is 0. The molecule has 0 atom stereocenters. The van der Waals surface area contributed by atoms with Gasteiger partial charge < -0.3 is 4.90 Å². The molecule has 1 saturated carbocycles. The Hall–Kier alpha value is -2.37. The third kappa shape index (κ3) is 4.06. The molecular formula is C20H21F3N2O. The first-order valence-corrected chi connectivity index (χ1v) is 8.71. The van der Waals surface area contributed by atoms with E-state index in [0.29, 0.717) is 5.92 Å². The Morgan fingerprint density at radius 2 is 1.69 bits per heavy atom. The van der Waals surface area contributed by atoms with Gasteiger partial charge in [0.2, 0.25) is 0 Å². The molecule has 0 bridgehead atoms. The number of amides is 1. The molecule has 1 aromatic heterocycles. The Labute approximate surface area is 150 Å². The zero-order valence-electron chi connectivity index (χ0n) is 14.5. The summed E-state index contributed by atoms with van der Waals surface area (Å²) < 4.78 is 37.8. The number of halogens is 3. The number of pyridine rings is 1. The first-order chi connectivity index (χ1) is 12.4. The topological polar surface area (TPSA) is 33.2 Å². The lowest BCUT2D eigenvalue weighted by Gasteiger charge is -2.35. The van der Waals surface area contributed by atoms with Crippen molar-refractivity contribution < 1.29 is 18.0 Å². The SMILES string of the molecule is CN(C(=O)c1ccc(C(F)(F)F)nc1)C1CCC(c2ccccc2)CC1. The molecule has 0 radical (unpaired) electrons. The van der Waals surface area contributed by atoms with Gasteiger partial charge in [-0.2, -0.15) is 13.2 Å². The molecule has 1 aromatic carbocycles. The van der Waals surface area contributed by atoms with E-state index in [4.69, 9.17) is 0 Å². The quantitative estimate of drug-likeness (QED) is 0.778. The third-order valence-electron chi connectivity index (χ3n) is 5.14. The Morgan fingerprint density at radius 1 is 1.04 bits per heavy atom. The van der Waals surface area contributed by atoms with Crippen LogP contribution in [0.3, 0.4) is 0 Å². The Morgan fingerprint density at radius 3 is 2.23 bits per heavy atom. The zero-order valence-corrected chi connectivity index (χ0v) is 14.5. The second-order valence-electron chi connectivity index (χ2n) is 6.76. The van der Waals surface area contributed by atoms with E-state index in [0.717, 1.165) is 37.9 Å². The van der Waals surface area contributed by atoms with Crippen LogP contribution in [0, 0.1) is 0 Å². The summed E-state index contributed by atoms with van der Waals surface area (Å²) in [5.74, 6) is 0.220. The number of alkyl halides is 3. The maximum Gasteiger partial charge on any atom is 0.433 e. The molecule has 0 saturated heterocycles. The van der Waals surface area contributed by atoms with E-state index in [1.807, 2.05) is 18.2 Å². The fourth-order valence-electron chi connectivity index (χ4n) is 3.58. The molecule has 0 aliphatic heterocycles. The normalized spacial score (nSPS) is 20.6. The Bertz CT molecular complexity index is 736. The van der Waals surface area contributed by atoms with Crippen molar-refractivity contribution in [2.24, 2.45) is 0 Å². The molecule has 138 valence electrons. The molecule has 1 aliphatic carbocycles. The lowest BCUT2D eigenvalue weighted by molar-refractivity contribution is -0.141. The number of nitrogens with zero attached hydrogens (tertiary/aromatic N) is 2. The monoisotopic (exact) mass is 362 g/mol. The Balaban J connectivity index is 1.61.